The molecule has 0 bridgehead atoms. The van der Waals surface area contributed by atoms with E-state index < -0.39 is 6.04 Å². The van der Waals surface area contributed by atoms with E-state index >= 15 is 0 Å². The number of anilines is 1. The Morgan fingerprint density at radius 2 is 1.68 bits per heavy atom. The number of hydrogen-bond acceptors (Lipinski definition) is 3. The van der Waals surface area contributed by atoms with Crippen LogP contribution in [0.5, 0.6) is 5.75 Å². The van der Waals surface area contributed by atoms with E-state index in [9.17, 15) is 4.79 Å². The highest BCUT2D eigenvalue weighted by molar-refractivity contribution is 6.31. The molecule has 0 heterocycles. The molecular weight excluding hydrogens is 372 g/mol. The number of rotatable bonds is 7. The van der Waals surface area contributed by atoms with E-state index in [4.69, 9.17) is 16.3 Å². The zero-order valence-electron chi connectivity index (χ0n) is 15.9. The highest BCUT2D eigenvalue weighted by Crippen LogP contribution is 2.26. The molecule has 28 heavy (non-hydrogen) atoms. The van der Waals surface area contributed by atoms with Gasteiger partial charge in [-0.15, -0.1) is 0 Å². The Balaban J connectivity index is 1.84. The van der Waals surface area contributed by atoms with Gasteiger partial charge >= 0.3 is 0 Å². The maximum atomic E-state index is 13.1. The molecule has 0 saturated heterocycles. The standard InChI is InChI=1S/C23H23ClN2O2/c1-16(20-13-6-7-14-21(20)24)25-22(17-9-4-3-5-10-17)23(27)26-18-11-8-12-19(15-18)28-2/h3-16,22,25H,1-2H3,(H,26,27)/t16-,22+/m1/s1. The molecule has 0 unspecified atom stereocenters. The predicted octanol–water partition coefficient (Wildman–Crippen LogP) is 5.38. The Hall–Kier alpha value is -2.82. The predicted molar refractivity (Wildman–Crippen MR) is 114 cm³/mol. The van der Waals surface area contributed by atoms with Crippen molar-refractivity contribution < 1.29 is 9.53 Å². The second kappa shape index (κ2) is 9.40. The van der Waals surface area contributed by atoms with Gasteiger partial charge in [-0.05, 0) is 36.2 Å². The Bertz CT molecular complexity index is 931. The van der Waals surface area contributed by atoms with Crippen LogP contribution in [0.2, 0.25) is 5.02 Å². The van der Waals surface area contributed by atoms with Crippen LogP contribution in [-0.4, -0.2) is 13.0 Å². The summed E-state index contributed by atoms with van der Waals surface area (Å²) >= 11 is 6.34. The summed E-state index contributed by atoms with van der Waals surface area (Å²) in [6.07, 6.45) is 0. The second-order valence-electron chi connectivity index (χ2n) is 6.47. The lowest BCUT2D eigenvalue weighted by Gasteiger charge is -2.24. The third-order valence-corrected chi connectivity index (χ3v) is 4.86. The molecule has 0 radical (unpaired) electrons. The fourth-order valence-corrected chi connectivity index (χ4v) is 3.35. The van der Waals surface area contributed by atoms with Gasteiger partial charge in [0.05, 0.1) is 7.11 Å². The highest BCUT2D eigenvalue weighted by atomic mass is 35.5. The van der Waals surface area contributed by atoms with Crippen LogP contribution < -0.4 is 15.4 Å². The van der Waals surface area contributed by atoms with Gasteiger partial charge in [-0.1, -0.05) is 66.2 Å². The van der Waals surface area contributed by atoms with E-state index in [1.807, 2.05) is 79.7 Å². The largest absolute Gasteiger partial charge is 0.497 e. The van der Waals surface area contributed by atoms with Gasteiger partial charge in [-0.3, -0.25) is 10.1 Å². The molecule has 3 aromatic rings. The summed E-state index contributed by atoms with van der Waals surface area (Å²) in [7, 11) is 1.60. The van der Waals surface area contributed by atoms with Crippen molar-refractivity contribution in [2.45, 2.75) is 19.0 Å². The van der Waals surface area contributed by atoms with Crippen LogP contribution in [0.15, 0.2) is 78.9 Å². The van der Waals surface area contributed by atoms with E-state index in [1.165, 1.54) is 0 Å². The third kappa shape index (κ3) is 4.91. The first-order valence-electron chi connectivity index (χ1n) is 9.09. The molecule has 0 saturated carbocycles. The number of carbonyl (C=O) groups is 1. The second-order valence-corrected chi connectivity index (χ2v) is 6.88. The number of ether oxygens (including phenoxy) is 1. The molecule has 0 aliphatic heterocycles. The van der Waals surface area contributed by atoms with Gasteiger partial charge in [0.25, 0.3) is 0 Å². The summed E-state index contributed by atoms with van der Waals surface area (Å²) in [6, 6.07) is 23.9. The van der Waals surface area contributed by atoms with Crippen LogP contribution in [0.4, 0.5) is 5.69 Å². The van der Waals surface area contributed by atoms with Crippen LogP contribution in [0.25, 0.3) is 0 Å². The van der Waals surface area contributed by atoms with Gasteiger partial charge in [0.1, 0.15) is 11.8 Å². The lowest BCUT2D eigenvalue weighted by Crippen LogP contribution is -2.34. The van der Waals surface area contributed by atoms with Crippen LogP contribution >= 0.6 is 11.6 Å². The summed E-state index contributed by atoms with van der Waals surface area (Å²) in [6.45, 7) is 2.00. The Labute approximate surface area is 170 Å². The number of benzene rings is 3. The minimum Gasteiger partial charge on any atom is -0.497 e. The molecule has 5 heteroatoms. The molecule has 2 atom stereocenters. The van der Waals surface area contributed by atoms with Gasteiger partial charge in [0, 0.05) is 22.8 Å². The monoisotopic (exact) mass is 394 g/mol. The minimum absolute atomic E-state index is 0.116. The smallest absolute Gasteiger partial charge is 0.246 e. The summed E-state index contributed by atoms with van der Waals surface area (Å²) in [5, 5.41) is 7.05. The Morgan fingerprint density at radius 3 is 2.39 bits per heavy atom. The number of methoxy groups -OCH3 is 1. The lowest BCUT2D eigenvalue weighted by molar-refractivity contribution is -0.118. The molecule has 0 aromatic heterocycles. The molecule has 3 aromatic carbocycles. The number of carbonyl (C=O) groups excluding carboxylic acids is 1. The summed E-state index contributed by atoms with van der Waals surface area (Å²) in [5.74, 6) is 0.532. The van der Waals surface area contributed by atoms with Crippen molar-refractivity contribution >= 4 is 23.2 Å². The molecule has 144 valence electrons. The van der Waals surface area contributed by atoms with Crippen molar-refractivity contribution in [3.8, 4) is 5.75 Å². The first-order valence-corrected chi connectivity index (χ1v) is 9.46. The van der Waals surface area contributed by atoms with Crippen LogP contribution in [0, 0.1) is 0 Å². The topological polar surface area (TPSA) is 50.4 Å². The molecule has 1 amide bonds. The number of amides is 1. The van der Waals surface area contributed by atoms with E-state index in [2.05, 4.69) is 10.6 Å². The summed E-state index contributed by atoms with van der Waals surface area (Å²) < 4.78 is 5.24. The number of nitrogens with one attached hydrogen (secondary N) is 2. The average Bonchev–Trinajstić information content (AvgIpc) is 2.73. The SMILES string of the molecule is COc1cccc(NC(=O)[C@@H](N[C@H](C)c2ccccc2Cl)c2ccccc2)c1. The van der Waals surface area contributed by atoms with Crippen LogP contribution in [0.3, 0.4) is 0 Å². The van der Waals surface area contributed by atoms with Crippen molar-refractivity contribution in [1.29, 1.82) is 0 Å². The zero-order chi connectivity index (χ0) is 19.9. The lowest BCUT2D eigenvalue weighted by atomic mass is 10.0. The maximum absolute atomic E-state index is 13.1. The van der Waals surface area contributed by atoms with Gasteiger partial charge < -0.3 is 10.1 Å². The zero-order valence-corrected chi connectivity index (χ0v) is 16.6. The van der Waals surface area contributed by atoms with E-state index in [-0.39, 0.29) is 11.9 Å². The van der Waals surface area contributed by atoms with E-state index in [1.54, 1.807) is 13.2 Å². The molecule has 0 fully saturated rings. The normalized spacial score (nSPS) is 12.8. The highest BCUT2D eigenvalue weighted by Gasteiger charge is 2.24. The first-order chi connectivity index (χ1) is 13.6. The molecule has 0 spiro atoms. The molecule has 0 aliphatic carbocycles. The van der Waals surface area contributed by atoms with Crippen molar-refractivity contribution in [3.05, 3.63) is 95.0 Å². The first kappa shape index (κ1) is 19.9. The van der Waals surface area contributed by atoms with Crippen molar-refractivity contribution in [3.63, 3.8) is 0 Å². The van der Waals surface area contributed by atoms with Gasteiger partial charge in [-0.25, -0.2) is 0 Å². The molecule has 0 aliphatic rings. The number of hydrogen-bond donors (Lipinski definition) is 2. The molecule has 2 N–H and O–H groups in total. The van der Waals surface area contributed by atoms with Gasteiger partial charge in [0.2, 0.25) is 5.91 Å². The molecule has 4 nitrogen and oxygen atoms in total. The molecule has 3 rings (SSSR count). The quantitative estimate of drug-likeness (QED) is 0.565. The summed E-state index contributed by atoms with van der Waals surface area (Å²) in [5.41, 5.74) is 2.50. The van der Waals surface area contributed by atoms with Gasteiger partial charge in [-0.2, -0.15) is 0 Å². The van der Waals surface area contributed by atoms with Crippen molar-refractivity contribution in [2.75, 3.05) is 12.4 Å². The molecular formula is C23H23ClN2O2. The van der Waals surface area contributed by atoms with E-state index in [0.717, 1.165) is 11.1 Å². The van der Waals surface area contributed by atoms with E-state index in [0.29, 0.717) is 16.5 Å². The Kier molecular flexibility index (Phi) is 6.69. The average molecular weight is 395 g/mol. The van der Waals surface area contributed by atoms with Crippen LogP contribution in [-0.2, 0) is 4.79 Å². The van der Waals surface area contributed by atoms with Crippen LogP contribution in [0.1, 0.15) is 30.1 Å². The third-order valence-electron chi connectivity index (χ3n) is 4.52. The minimum atomic E-state index is -0.543. The van der Waals surface area contributed by atoms with Crippen molar-refractivity contribution in [1.82, 2.24) is 5.32 Å². The number of halogens is 1. The van der Waals surface area contributed by atoms with Crippen molar-refractivity contribution in [2.24, 2.45) is 0 Å². The fraction of sp³-hybridized carbons (Fsp3) is 0.174. The Morgan fingerprint density at radius 1 is 0.964 bits per heavy atom. The summed E-state index contributed by atoms with van der Waals surface area (Å²) in [4.78, 5) is 13.1. The fourth-order valence-electron chi connectivity index (χ4n) is 3.05. The van der Waals surface area contributed by atoms with Gasteiger partial charge in [0.15, 0.2) is 0 Å². The maximum Gasteiger partial charge on any atom is 0.246 e.